The number of allylic oxidation sites excluding steroid dienone is 1. The largest absolute Gasteiger partial charge is 0.504 e. The summed E-state index contributed by atoms with van der Waals surface area (Å²) in [7, 11) is 0. The molecule has 2 aromatic rings. The number of phenols is 1. The molecule has 0 aliphatic heterocycles. The summed E-state index contributed by atoms with van der Waals surface area (Å²) in [6, 6.07) is 14.1. The molecule has 3 nitrogen and oxygen atoms in total. The van der Waals surface area contributed by atoms with Crippen LogP contribution in [0.5, 0.6) is 11.5 Å². The zero-order valence-electron chi connectivity index (χ0n) is 11.2. The summed E-state index contributed by atoms with van der Waals surface area (Å²) in [5.74, 6) is 0.455. The summed E-state index contributed by atoms with van der Waals surface area (Å²) < 4.78 is 5.30. The van der Waals surface area contributed by atoms with E-state index >= 15 is 0 Å². The van der Waals surface area contributed by atoms with Crippen LogP contribution in [0.1, 0.15) is 22.8 Å². The Hall–Kier alpha value is -2.55. The molecule has 0 saturated carbocycles. The minimum atomic E-state index is -0.0587. The SMILES string of the molecule is CCOc1cc(/C=C/C(=O)c2ccccc2)ccc1O. The molecule has 0 aliphatic rings. The van der Waals surface area contributed by atoms with Crippen molar-refractivity contribution in [3.63, 3.8) is 0 Å². The van der Waals surface area contributed by atoms with Gasteiger partial charge in [0.15, 0.2) is 17.3 Å². The minimum Gasteiger partial charge on any atom is -0.504 e. The van der Waals surface area contributed by atoms with Crippen molar-refractivity contribution in [2.75, 3.05) is 6.61 Å². The van der Waals surface area contributed by atoms with Crippen LogP contribution < -0.4 is 4.74 Å². The fraction of sp³-hybridized carbons (Fsp3) is 0.118. The van der Waals surface area contributed by atoms with E-state index in [4.69, 9.17) is 4.74 Å². The fourth-order valence-corrected chi connectivity index (χ4v) is 1.78. The molecule has 0 aromatic heterocycles. The maximum absolute atomic E-state index is 11.9. The highest BCUT2D eigenvalue weighted by Gasteiger charge is 2.03. The summed E-state index contributed by atoms with van der Waals surface area (Å²) in [6.07, 6.45) is 3.22. The number of rotatable bonds is 5. The van der Waals surface area contributed by atoms with Gasteiger partial charge in [-0.15, -0.1) is 0 Å². The third-order valence-electron chi connectivity index (χ3n) is 2.77. The van der Waals surface area contributed by atoms with Crippen LogP contribution in [0.15, 0.2) is 54.6 Å². The van der Waals surface area contributed by atoms with Crippen LogP contribution in [-0.4, -0.2) is 17.5 Å². The molecule has 0 fully saturated rings. The summed E-state index contributed by atoms with van der Waals surface area (Å²) in [6.45, 7) is 2.32. The summed E-state index contributed by atoms with van der Waals surface area (Å²) >= 11 is 0. The van der Waals surface area contributed by atoms with Crippen LogP contribution in [-0.2, 0) is 0 Å². The highest BCUT2D eigenvalue weighted by Crippen LogP contribution is 2.27. The average molecular weight is 268 g/mol. The van der Waals surface area contributed by atoms with Gasteiger partial charge in [-0.1, -0.05) is 42.5 Å². The van der Waals surface area contributed by atoms with Crippen molar-refractivity contribution >= 4 is 11.9 Å². The molecule has 0 atom stereocenters. The minimum absolute atomic E-state index is 0.0587. The molecule has 2 rings (SSSR count). The van der Waals surface area contributed by atoms with Gasteiger partial charge in [-0.2, -0.15) is 0 Å². The lowest BCUT2D eigenvalue weighted by atomic mass is 10.1. The van der Waals surface area contributed by atoms with E-state index in [0.29, 0.717) is 17.9 Å². The van der Waals surface area contributed by atoms with Gasteiger partial charge in [0, 0.05) is 5.56 Å². The lowest BCUT2D eigenvalue weighted by Crippen LogP contribution is -1.93. The zero-order chi connectivity index (χ0) is 14.4. The number of hydrogen-bond acceptors (Lipinski definition) is 3. The first-order chi connectivity index (χ1) is 9.70. The Morgan fingerprint density at radius 3 is 2.65 bits per heavy atom. The number of carbonyl (C=O) groups is 1. The summed E-state index contributed by atoms with van der Waals surface area (Å²) in [5, 5.41) is 9.61. The number of carbonyl (C=O) groups excluding carboxylic acids is 1. The van der Waals surface area contributed by atoms with Crippen molar-refractivity contribution in [3.05, 3.63) is 65.7 Å². The molecule has 102 valence electrons. The monoisotopic (exact) mass is 268 g/mol. The van der Waals surface area contributed by atoms with Gasteiger partial charge in [-0.25, -0.2) is 0 Å². The van der Waals surface area contributed by atoms with Crippen molar-refractivity contribution in [2.45, 2.75) is 6.92 Å². The van der Waals surface area contributed by atoms with E-state index < -0.39 is 0 Å². The summed E-state index contributed by atoms with van der Waals surface area (Å²) in [4.78, 5) is 11.9. The third kappa shape index (κ3) is 3.48. The van der Waals surface area contributed by atoms with E-state index in [1.807, 2.05) is 25.1 Å². The van der Waals surface area contributed by atoms with Gasteiger partial charge in [0.25, 0.3) is 0 Å². The predicted molar refractivity (Wildman–Crippen MR) is 79.1 cm³/mol. The second kappa shape index (κ2) is 6.57. The van der Waals surface area contributed by atoms with E-state index in [-0.39, 0.29) is 11.5 Å². The Labute approximate surface area is 118 Å². The number of hydrogen-bond donors (Lipinski definition) is 1. The van der Waals surface area contributed by atoms with Crippen LogP contribution in [0.25, 0.3) is 6.08 Å². The molecule has 2 aromatic carbocycles. The third-order valence-corrected chi connectivity index (χ3v) is 2.77. The van der Waals surface area contributed by atoms with Crippen molar-refractivity contribution in [1.82, 2.24) is 0 Å². The van der Waals surface area contributed by atoms with E-state index in [0.717, 1.165) is 5.56 Å². The van der Waals surface area contributed by atoms with Crippen molar-refractivity contribution in [1.29, 1.82) is 0 Å². The molecule has 0 amide bonds. The molecule has 0 spiro atoms. The standard InChI is InChI=1S/C17H16O3/c1-2-20-17-12-13(9-11-16(17)19)8-10-15(18)14-6-4-3-5-7-14/h3-12,19H,2H2,1H3/b10-8+. The second-order valence-corrected chi connectivity index (χ2v) is 4.22. The van der Waals surface area contributed by atoms with Crippen molar-refractivity contribution in [2.24, 2.45) is 0 Å². The van der Waals surface area contributed by atoms with E-state index in [1.54, 1.807) is 36.4 Å². The normalized spacial score (nSPS) is 10.7. The molecular formula is C17H16O3. The quantitative estimate of drug-likeness (QED) is 0.664. The molecular weight excluding hydrogens is 252 g/mol. The van der Waals surface area contributed by atoms with E-state index in [9.17, 15) is 9.90 Å². The lowest BCUT2D eigenvalue weighted by molar-refractivity contribution is 0.104. The van der Waals surface area contributed by atoms with Gasteiger partial charge >= 0.3 is 0 Å². The Morgan fingerprint density at radius 1 is 1.20 bits per heavy atom. The smallest absolute Gasteiger partial charge is 0.185 e. The maximum Gasteiger partial charge on any atom is 0.185 e. The maximum atomic E-state index is 11.9. The molecule has 0 aliphatic carbocycles. The first kappa shape index (κ1) is 13.9. The molecule has 1 N–H and O–H groups in total. The van der Waals surface area contributed by atoms with Crippen LogP contribution in [0.4, 0.5) is 0 Å². The zero-order valence-corrected chi connectivity index (χ0v) is 11.2. The molecule has 0 saturated heterocycles. The van der Waals surface area contributed by atoms with Crippen LogP contribution in [0.3, 0.4) is 0 Å². The molecule has 0 radical (unpaired) electrons. The average Bonchev–Trinajstić information content (AvgIpc) is 2.49. The van der Waals surface area contributed by atoms with Crippen LogP contribution in [0.2, 0.25) is 0 Å². The first-order valence-corrected chi connectivity index (χ1v) is 6.44. The summed E-state index contributed by atoms with van der Waals surface area (Å²) in [5.41, 5.74) is 1.45. The predicted octanol–water partition coefficient (Wildman–Crippen LogP) is 3.69. The van der Waals surface area contributed by atoms with Crippen molar-refractivity contribution in [3.8, 4) is 11.5 Å². The van der Waals surface area contributed by atoms with Gasteiger partial charge in [0.05, 0.1) is 6.61 Å². The molecule has 0 unspecified atom stereocenters. The topological polar surface area (TPSA) is 46.5 Å². The highest BCUT2D eigenvalue weighted by atomic mass is 16.5. The number of ketones is 1. The van der Waals surface area contributed by atoms with E-state index in [1.165, 1.54) is 6.08 Å². The Kier molecular flexibility index (Phi) is 4.56. The molecule has 20 heavy (non-hydrogen) atoms. The number of benzene rings is 2. The fourth-order valence-electron chi connectivity index (χ4n) is 1.78. The Morgan fingerprint density at radius 2 is 1.95 bits per heavy atom. The van der Waals surface area contributed by atoms with Crippen LogP contribution in [0, 0.1) is 0 Å². The Bertz CT molecular complexity index is 615. The number of phenolic OH excluding ortho intramolecular Hbond substituents is 1. The molecule has 0 bridgehead atoms. The lowest BCUT2D eigenvalue weighted by Gasteiger charge is -2.06. The molecule has 0 heterocycles. The molecule has 3 heteroatoms. The highest BCUT2D eigenvalue weighted by molar-refractivity contribution is 6.06. The number of ether oxygens (including phenoxy) is 1. The second-order valence-electron chi connectivity index (χ2n) is 4.22. The number of aromatic hydroxyl groups is 1. The van der Waals surface area contributed by atoms with Gasteiger partial charge in [0.1, 0.15) is 0 Å². The van der Waals surface area contributed by atoms with Crippen LogP contribution >= 0.6 is 0 Å². The van der Waals surface area contributed by atoms with Gasteiger partial charge < -0.3 is 9.84 Å². The Balaban J connectivity index is 2.15. The van der Waals surface area contributed by atoms with Gasteiger partial charge in [-0.05, 0) is 30.7 Å². The first-order valence-electron chi connectivity index (χ1n) is 6.44. The van der Waals surface area contributed by atoms with Crippen molar-refractivity contribution < 1.29 is 14.6 Å². The van der Waals surface area contributed by atoms with Gasteiger partial charge in [-0.3, -0.25) is 4.79 Å². The van der Waals surface area contributed by atoms with E-state index in [2.05, 4.69) is 0 Å². The van der Waals surface area contributed by atoms with Gasteiger partial charge in [0.2, 0.25) is 0 Å².